The lowest BCUT2D eigenvalue weighted by Gasteiger charge is -2.27. The SMILES string of the molecule is Cc1cc(P(=Nc2ccccc2[N+](=O)[O-])(c2ccccc2)c2ccccc2)c(C)n1-c1ccc(Br)cc1. The first-order valence-corrected chi connectivity index (χ1v) is 14.4. The lowest BCUT2D eigenvalue weighted by atomic mass is 10.3. The molecule has 0 N–H and O–H groups in total. The molecule has 0 aliphatic rings. The van der Waals surface area contributed by atoms with Crippen molar-refractivity contribution in [2.45, 2.75) is 13.8 Å². The van der Waals surface area contributed by atoms with Crippen LogP contribution in [0.25, 0.3) is 5.69 Å². The van der Waals surface area contributed by atoms with Crippen LogP contribution in [0, 0.1) is 24.0 Å². The van der Waals surface area contributed by atoms with Crippen LogP contribution in [0.4, 0.5) is 11.4 Å². The Kier molecular flexibility index (Phi) is 6.96. The summed E-state index contributed by atoms with van der Waals surface area (Å²) in [5.41, 5.74) is 3.56. The van der Waals surface area contributed by atoms with Crippen LogP contribution in [0.3, 0.4) is 0 Å². The summed E-state index contributed by atoms with van der Waals surface area (Å²) in [7, 11) is -2.73. The number of rotatable bonds is 6. The second-order valence-electron chi connectivity index (χ2n) is 8.72. The second kappa shape index (κ2) is 10.3. The smallest absolute Gasteiger partial charge is 0.294 e. The lowest BCUT2D eigenvalue weighted by molar-refractivity contribution is -0.384. The van der Waals surface area contributed by atoms with E-state index < -0.39 is 7.05 Å². The highest BCUT2D eigenvalue weighted by Gasteiger charge is 2.32. The molecule has 0 saturated carbocycles. The van der Waals surface area contributed by atoms with Crippen molar-refractivity contribution in [2.75, 3.05) is 0 Å². The van der Waals surface area contributed by atoms with Crippen molar-refractivity contribution in [2.24, 2.45) is 4.74 Å². The molecule has 7 heteroatoms. The van der Waals surface area contributed by atoms with Gasteiger partial charge < -0.3 is 4.57 Å². The van der Waals surface area contributed by atoms with Crippen LogP contribution >= 0.6 is 23.0 Å². The van der Waals surface area contributed by atoms with Crippen molar-refractivity contribution in [3.8, 4) is 5.69 Å². The van der Waals surface area contributed by atoms with Crippen molar-refractivity contribution in [1.29, 1.82) is 0 Å². The van der Waals surface area contributed by atoms with E-state index in [9.17, 15) is 10.1 Å². The molecule has 184 valence electrons. The fraction of sp³-hybridized carbons (Fsp3) is 0.0667. The van der Waals surface area contributed by atoms with Gasteiger partial charge >= 0.3 is 0 Å². The van der Waals surface area contributed by atoms with Gasteiger partial charge in [0.1, 0.15) is 5.69 Å². The van der Waals surface area contributed by atoms with Crippen LogP contribution in [0.2, 0.25) is 0 Å². The molecule has 5 nitrogen and oxygen atoms in total. The molecular formula is C30H25BrN3O2P. The first-order valence-electron chi connectivity index (χ1n) is 11.8. The van der Waals surface area contributed by atoms with Gasteiger partial charge in [0, 0.05) is 43.5 Å². The van der Waals surface area contributed by atoms with Crippen LogP contribution in [-0.2, 0) is 0 Å². The Bertz CT molecular complexity index is 1590. The van der Waals surface area contributed by atoms with Crippen molar-refractivity contribution >= 4 is 50.3 Å². The van der Waals surface area contributed by atoms with E-state index in [-0.39, 0.29) is 10.6 Å². The highest BCUT2D eigenvalue weighted by molar-refractivity contribution is 9.10. The summed E-state index contributed by atoms with van der Waals surface area (Å²) in [5.74, 6) is 0. The van der Waals surface area contributed by atoms with Gasteiger partial charge in [0.15, 0.2) is 0 Å². The number of nitrogens with zero attached hydrogens (tertiary/aromatic N) is 3. The minimum atomic E-state index is -2.73. The zero-order valence-electron chi connectivity index (χ0n) is 20.5. The molecule has 37 heavy (non-hydrogen) atoms. The van der Waals surface area contributed by atoms with Crippen LogP contribution in [-0.4, -0.2) is 9.49 Å². The van der Waals surface area contributed by atoms with Crippen LogP contribution < -0.4 is 15.9 Å². The summed E-state index contributed by atoms with van der Waals surface area (Å²) in [4.78, 5) is 11.7. The molecule has 0 fully saturated rings. The number of aryl methyl sites for hydroxylation is 1. The van der Waals surface area contributed by atoms with Crippen molar-refractivity contribution < 1.29 is 4.92 Å². The molecule has 0 aliphatic carbocycles. The Morgan fingerprint density at radius 2 is 1.32 bits per heavy atom. The van der Waals surface area contributed by atoms with E-state index in [1.807, 2.05) is 54.6 Å². The number of nitro groups is 1. The first kappa shape index (κ1) is 24.9. The summed E-state index contributed by atoms with van der Waals surface area (Å²) < 4.78 is 8.64. The molecule has 0 saturated heterocycles. The largest absolute Gasteiger partial charge is 0.318 e. The maximum Gasteiger partial charge on any atom is 0.294 e. The molecule has 0 amide bonds. The second-order valence-corrected chi connectivity index (χ2v) is 12.6. The molecule has 0 bridgehead atoms. The minimum absolute atomic E-state index is 0.000421. The van der Waals surface area contributed by atoms with E-state index in [1.165, 1.54) is 6.07 Å². The molecule has 0 unspecified atom stereocenters. The monoisotopic (exact) mass is 569 g/mol. The predicted octanol–water partition coefficient (Wildman–Crippen LogP) is 7.57. The minimum Gasteiger partial charge on any atom is -0.318 e. The van der Waals surface area contributed by atoms with Crippen LogP contribution in [0.5, 0.6) is 0 Å². The zero-order chi connectivity index (χ0) is 26.0. The van der Waals surface area contributed by atoms with E-state index in [1.54, 1.807) is 12.1 Å². The molecule has 0 spiro atoms. The average molecular weight is 570 g/mol. The normalized spacial score (nSPS) is 11.3. The van der Waals surface area contributed by atoms with Gasteiger partial charge in [-0.25, -0.2) is 4.74 Å². The van der Waals surface area contributed by atoms with Gasteiger partial charge in [-0.2, -0.15) is 0 Å². The fourth-order valence-electron chi connectivity index (χ4n) is 4.81. The third-order valence-corrected chi connectivity index (χ3v) is 10.7. The molecule has 0 radical (unpaired) electrons. The third-order valence-electron chi connectivity index (χ3n) is 6.43. The molecule has 0 atom stereocenters. The zero-order valence-corrected chi connectivity index (χ0v) is 22.9. The Labute approximate surface area is 224 Å². The topological polar surface area (TPSA) is 60.4 Å². The molecule has 5 aromatic rings. The van der Waals surface area contributed by atoms with Gasteiger partial charge in [-0.05, 0) is 50.2 Å². The highest BCUT2D eigenvalue weighted by atomic mass is 79.9. The van der Waals surface area contributed by atoms with Crippen LogP contribution in [0.15, 0.2) is 124 Å². The van der Waals surface area contributed by atoms with Gasteiger partial charge in [-0.3, -0.25) is 10.1 Å². The van der Waals surface area contributed by atoms with E-state index in [4.69, 9.17) is 4.74 Å². The Hall–Kier alpha value is -3.73. The number of hydrogen-bond donors (Lipinski definition) is 0. The molecule has 5 rings (SSSR count). The van der Waals surface area contributed by atoms with Gasteiger partial charge in [-0.1, -0.05) is 88.7 Å². The molecule has 1 aromatic heterocycles. The number of benzene rings is 4. The van der Waals surface area contributed by atoms with E-state index >= 15 is 0 Å². The van der Waals surface area contributed by atoms with Crippen molar-refractivity contribution in [3.05, 3.63) is 141 Å². The Morgan fingerprint density at radius 3 is 1.89 bits per heavy atom. The molecule has 4 aromatic carbocycles. The van der Waals surface area contributed by atoms with Crippen molar-refractivity contribution in [3.63, 3.8) is 0 Å². The summed E-state index contributed by atoms with van der Waals surface area (Å²) >= 11 is 3.53. The first-order chi connectivity index (χ1) is 17.9. The predicted molar refractivity (Wildman–Crippen MR) is 157 cm³/mol. The lowest BCUT2D eigenvalue weighted by Crippen LogP contribution is -2.26. The standard InChI is InChI=1S/C30H25BrN3O2P/c1-22-21-30(23(2)33(22)25-19-17-24(31)18-20-25)37(26-11-5-3-6-12-26,27-13-7-4-8-14-27)32-28-15-9-10-16-29(28)34(35)36/h3-21H,1-2H3. The number of halogens is 1. The summed E-state index contributed by atoms with van der Waals surface area (Å²) in [6, 6.07) is 37.5. The molecule has 1 heterocycles. The summed E-state index contributed by atoms with van der Waals surface area (Å²) in [5, 5.41) is 15.2. The maximum atomic E-state index is 12.0. The Morgan fingerprint density at radius 1 is 0.784 bits per heavy atom. The van der Waals surface area contributed by atoms with Gasteiger partial charge in [0.25, 0.3) is 5.69 Å². The number of hydrogen-bond acceptors (Lipinski definition) is 3. The molecular weight excluding hydrogens is 545 g/mol. The van der Waals surface area contributed by atoms with Gasteiger partial charge in [0.2, 0.25) is 0 Å². The van der Waals surface area contributed by atoms with E-state index in [0.717, 1.165) is 37.5 Å². The quantitative estimate of drug-likeness (QED) is 0.120. The number of nitro benzene ring substituents is 1. The number of aromatic nitrogens is 1. The summed E-state index contributed by atoms with van der Waals surface area (Å²) in [6.07, 6.45) is 0. The maximum absolute atomic E-state index is 12.0. The van der Waals surface area contributed by atoms with Gasteiger partial charge in [-0.15, -0.1) is 0 Å². The van der Waals surface area contributed by atoms with Gasteiger partial charge in [0.05, 0.1) is 12.0 Å². The fourth-order valence-corrected chi connectivity index (χ4v) is 8.91. The highest BCUT2D eigenvalue weighted by Crippen LogP contribution is 2.52. The van der Waals surface area contributed by atoms with E-state index in [2.05, 4.69) is 76.8 Å². The van der Waals surface area contributed by atoms with Crippen molar-refractivity contribution in [1.82, 2.24) is 4.57 Å². The van der Waals surface area contributed by atoms with Crippen LogP contribution in [0.1, 0.15) is 11.4 Å². The average Bonchev–Trinajstić information content (AvgIpc) is 3.22. The van der Waals surface area contributed by atoms with E-state index in [0.29, 0.717) is 5.69 Å². The summed E-state index contributed by atoms with van der Waals surface area (Å²) in [6.45, 7) is 4.20. The number of para-hydroxylation sites is 1. The molecule has 0 aliphatic heterocycles. The Balaban J connectivity index is 1.94. The third kappa shape index (κ3) is 4.59.